The Morgan fingerprint density at radius 3 is 2.09 bits per heavy atom. The van der Waals surface area contributed by atoms with Gasteiger partial charge in [0.1, 0.15) is 0 Å². The fourth-order valence-corrected chi connectivity index (χ4v) is 6.41. The fraction of sp³-hybridized carbons (Fsp3) is 0. The predicted octanol–water partition coefficient (Wildman–Crippen LogP) is 6.98. The summed E-state index contributed by atoms with van der Waals surface area (Å²) in [5, 5.41) is 2.70. The first-order chi connectivity index (χ1) is 16.4. The molecule has 0 amide bonds. The monoisotopic (exact) mass is 437 g/mol. The molecule has 0 bridgehead atoms. The van der Waals surface area contributed by atoms with Crippen molar-refractivity contribution in [2.24, 2.45) is 0 Å². The van der Waals surface area contributed by atoms with Crippen molar-refractivity contribution in [3.63, 3.8) is 0 Å². The first kappa shape index (κ1) is 18.7. The molecule has 1 aromatic heterocycles. The van der Waals surface area contributed by atoms with Crippen molar-refractivity contribution in [3.8, 4) is 11.1 Å². The van der Waals surface area contributed by atoms with Gasteiger partial charge in [-0.3, -0.25) is 0 Å². The highest BCUT2D eigenvalue weighted by Crippen LogP contribution is 2.42. The minimum atomic E-state index is 0.105. The molecule has 1 aliphatic rings. The van der Waals surface area contributed by atoms with Gasteiger partial charge in [0.15, 0.2) is 0 Å². The Labute approximate surface area is 197 Å². The van der Waals surface area contributed by atoms with Crippen molar-refractivity contribution in [3.05, 3.63) is 121 Å². The molecule has 1 aliphatic heterocycles. The van der Waals surface area contributed by atoms with E-state index in [1.807, 2.05) is 11.3 Å². The van der Waals surface area contributed by atoms with E-state index in [2.05, 4.69) is 126 Å². The van der Waals surface area contributed by atoms with Crippen LogP contribution in [-0.4, -0.2) is 6.85 Å². The highest BCUT2D eigenvalue weighted by Gasteiger charge is 2.37. The number of hydrogen-bond acceptors (Lipinski definition) is 2. The maximum Gasteiger partial charge on any atom is 0.328 e. The van der Waals surface area contributed by atoms with Crippen molar-refractivity contribution >= 4 is 60.7 Å². The SMILES string of the molecule is c1ccc(B2c3cc4sc5ccccc5c4cc3-c3ccccc3N2c2ccccc2)cc1. The quantitative estimate of drug-likeness (QED) is 0.264. The van der Waals surface area contributed by atoms with Crippen molar-refractivity contribution < 1.29 is 0 Å². The van der Waals surface area contributed by atoms with Crippen molar-refractivity contribution in [2.75, 3.05) is 4.81 Å². The maximum absolute atomic E-state index is 2.51. The summed E-state index contributed by atoms with van der Waals surface area (Å²) in [7, 11) is 0. The van der Waals surface area contributed by atoms with E-state index < -0.39 is 0 Å². The Morgan fingerprint density at radius 2 is 1.24 bits per heavy atom. The number of benzene rings is 5. The summed E-state index contributed by atoms with van der Waals surface area (Å²) in [5.41, 5.74) is 7.76. The van der Waals surface area contributed by atoms with Crippen LogP contribution in [0.5, 0.6) is 0 Å². The number of thiophene rings is 1. The van der Waals surface area contributed by atoms with Gasteiger partial charge in [-0.05, 0) is 47.4 Å². The van der Waals surface area contributed by atoms with E-state index in [1.165, 1.54) is 53.6 Å². The lowest BCUT2D eigenvalue weighted by Crippen LogP contribution is -2.57. The predicted molar refractivity (Wildman–Crippen MR) is 145 cm³/mol. The van der Waals surface area contributed by atoms with Gasteiger partial charge in [0.2, 0.25) is 0 Å². The number of nitrogens with zero attached hydrogens (tertiary/aromatic N) is 1. The smallest absolute Gasteiger partial charge is 0.328 e. The third-order valence-corrected chi connectivity index (χ3v) is 7.84. The van der Waals surface area contributed by atoms with Crippen LogP contribution in [0.1, 0.15) is 0 Å². The van der Waals surface area contributed by atoms with Gasteiger partial charge < -0.3 is 4.81 Å². The minimum Gasteiger partial charge on any atom is -0.376 e. The molecule has 1 nitrogen and oxygen atoms in total. The molecule has 3 heteroatoms. The van der Waals surface area contributed by atoms with Crippen LogP contribution < -0.4 is 15.7 Å². The number of hydrogen-bond donors (Lipinski definition) is 0. The van der Waals surface area contributed by atoms with E-state index in [9.17, 15) is 0 Å². The molecule has 0 aliphatic carbocycles. The minimum absolute atomic E-state index is 0.105. The Kier molecular flexibility index (Phi) is 4.18. The molecule has 0 saturated carbocycles. The zero-order valence-corrected chi connectivity index (χ0v) is 18.8. The molecule has 0 radical (unpaired) electrons. The summed E-state index contributed by atoms with van der Waals surface area (Å²) < 4.78 is 2.70. The second-order valence-corrected chi connectivity index (χ2v) is 9.65. The van der Waals surface area contributed by atoms with Crippen LogP contribution in [-0.2, 0) is 0 Å². The number of rotatable bonds is 2. The van der Waals surface area contributed by atoms with Gasteiger partial charge >= 0.3 is 6.85 Å². The highest BCUT2D eigenvalue weighted by molar-refractivity contribution is 7.26. The van der Waals surface area contributed by atoms with Crippen molar-refractivity contribution in [1.82, 2.24) is 0 Å². The van der Waals surface area contributed by atoms with Gasteiger partial charge in [-0.15, -0.1) is 11.3 Å². The van der Waals surface area contributed by atoms with Crippen LogP contribution >= 0.6 is 11.3 Å². The van der Waals surface area contributed by atoms with Crippen LogP contribution in [0.25, 0.3) is 31.3 Å². The molecule has 2 heterocycles. The summed E-state index contributed by atoms with van der Waals surface area (Å²) in [6, 6.07) is 44.2. The van der Waals surface area contributed by atoms with E-state index in [0.29, 0.717) is 0 Å². The van der Waals surface area contributed by atoms with E-state index in [-0.39, 0.29) is 6.85 Å². The molecule has 0 fully saturated rings. The summed E-state index contributed by atoms with van der Waals surface area (Å²) >= 11 is 1.89. The van der Waals surface area contributed by atoms with Crippen LogP contribution in [0.15, 0.2) is 121 Å². The standard InChI is InChI=1S/C30H20BNS/c1-3-11-21(12-4-1)31-27-20-30-26(24-16-8-10-18-29(24)33-30)19-25(27)23-15-7-9-17-28(23)32(31)22-13-5-2-6-14-22/h1-20H. The summed E-state index contributed by atoms with van der Waals surface area (Å²) in [6.45, 7) is 0.105. The van der Waals surface area contributed by atoms with Gasteiger partial charge in [-0.1, -0.05) is 90.4 Å². The van der Waals surface area contributed by atoms with Crippen LogP contribution in [0, 0.1) is 0 Å². The Morgan fingerprint density at radius 1 is 0.545 bits per heavy atom. The van der Waals surface area contributed by atoms with Gasteiger partial charge in [-0.2, -0.15) is 0 Å². The highest BCUT2D eigenvalue weighted by atomic mass is 32.1. The second-order valence-electron chi connectivity index (χ2n) is 8.57. The first-order valence-corrected chi connectivity index (χ1v) is 12.1. The number of para-hydroxylation sites is 2. The largest absolute Gasteiger partial charge is 0.376 e. The molecule has 154 valence electrons. The van der Waals surface area contributed by atoms with E-state index in [0.717, 1.165) is 0 Å². The summed E-state index contributed by atoms with van der Waals surface area (Å²) in [6.07, 6.45) is 0. The normalized spacial score (nSPS) is 12.7. The summed E-state index contributed by atoms with van der Waals surface area (Å²) in [4.78, 5) is 2.51. The molecule has 0 unspecified atom stereocenters. The number of fused-ring (bicyclic) bond motifs is 6. The lowest BCUT2D eigenvalue weighted by molar-refractivity contribution is 1.37. The van der Waals surface area contributed by atoms with Crippen LogP contribution in [0.2, 0.25) is 0 Å². The topological polar surface area (TPSA) is 3.24 Å². The lowest BCUT2D eigenvalue weighted by Gasteiger charge is -2.39. The van der Waals surface area contributed by atoms with Gasteiger partial charge in [0.05, 0.1) is 0 Å². The molecular formula is C30H20BNS. The van der Waals surface area contributed by atoms with Crippen LogP contribution in [0.3, 0.4) is 0 Å². The average molecular weight is 437 g/mol. The van der Waals surface area contributed by atoms with Crippen LogP contribution in [0.4, 0.5) is 11.4 Å². The molecular weight excluding hydrogens is 417 g/mol. The molecule has 0 atom stereocenters. The van der Waals surface area contributed by atoms with Gasteiger partial charge in [0, 0.05) is 37.1 Å². The molecule has 33 heavy (non-hydrogen) atoms. The zero-order valence-electron chi connectivity index (χ0n) is 18.0. The third kappa shape index (κ3) is 2.86. The van der Waals surface area contributed by atoms with E-state index in [4.69, 9.17) is 0 Å². The molecule has 6 aromatic rings. The molecule has 0 saturated heterocycles. The molecule has 0 N–H and O–H groups in total. The van der Waals surface area contributed by atoms with Gasteiger partial charge in [-0.25, -0.2) is 0 Å². The summed E-state index contributed by atoms with van der Waals surface area (Å²) in [5.74, 6) is 0. The first-order valence-electron chi connectivity index (χ1n) is 11.3. The molecule has 5 aromatic carbocycles. The number of anilines is 2. The Balaban J connectivity index is 1.60. The Bertz CT molecular complexity index is 1620. The maximum atomic E-state index is 2.51. The van der Waals surface area contributed by atoms with Gasteiger partial charge in [0.25, 0.3) is 0 Å². The van der Waals surface area contributed by atoms with Crippen molar-refractivity contribution in [1.29, 1.82) is 0 Å². The Hall–Kier alpha value is -3.82. The molecule has 0 spiro atoms. The van der Waals surface area contributed by atoms with E-state index in [1.54, 1.807) is 0 Å². The molecule has 7 rings (SSSR count). The lowest BCUT2D eigenvalue weighted by atomic mass is 9.45. The average Bonchev–Trinajstić information content (AvgIpc) is 3.25. The second kappa shape index (κ2) is 7.36. The fourth-order valence-electron chi connectivity index (χ4n) is 5.28. The van der Waals surface area contributed by atoms with Crippen molar-refractivity contribution in [2.45, 2.75) is 0 Å². The third-order valence-electron chi connectivity index (χ3n) is 6.71. The van der Waals surface area contributed by atoms with E-state index >= 15 is 0 Å². The zero-order chi connectivity index (χ0) is 21.8.